The molecule has 1 aromatic carbocycles. The molecule has 2 rings (SSSR count). The van der Waals surface area contributed by atoms with Crippen molar-refractivity contribution in [1.29, 1.82) is 0 Å². The lowest BCUT2D eigenvalue weighted by molar-refractivity contribution is -0.123. The highest BCUT2D eigenvalue weighted by Crippen LogP contribution is 2.14. The molecule has 0 saturated heterocycles. The molecule has 5 nitrogen and oxygen atoms in total. The first-order valence-corrected chi connectivity index (χ1v) is 7.05. The summed E-state index contributed by atoms with van der Waals surface area (Å²) in [6, 6.07) is 9.43. The Balaban J connectivity index is 1.89. The van der Waals surface area contributed by atoms with Gasteiger partial charge in [0.05, 0.1) is 5.71 Å². The minimum Gasteiger partial charge on any atom is -0.484 e. The average molecular weight is 300 g/mol. The third kappa shape index (κ3) is 4.22. The molecule has 1 N–H and O–H groups in total. The summed E-state index contributed by atoms with van der Waals surface area (Å²) in [6.07, 6.45) is 0. The number of benzene rings is 1. The van der Waals surface area contributed by atoms with Gasteiger partial charge in [-0.25, -0.2) is 5.43 Å². The molecule has 0 aliphatic carbocycles. The Hall–Kier alpha value is -2.56. The maximum Gasteiger partial charge on any atom is 0.277 e. The molecule has 0 aliphatic heterocycles. The summed E-state index contributed by atoms with van der Waals surface area (Å²) in [4.78, 5) is 11.8. The van der Waals surface area contributed by atoms with Crippen molar-refractivity contribution in [2.75, 3.05) is 6.61 Å². The number of furan rings is 1. The molecular weight excluding hydrogens is 280 g/mol. The van der Waals surface area contributed by atoms with Crippen molar-refractivity contribution < 1.29 is 13.9 Å². The number of rotatable bonds is 5. The van der Waals surface area contributed by atoms with Crippen LogP contribution in [0, 0.1) is 20.8 Å². The lowest BCUT2D eigenvalue weighted by Crippen LogP contribution is -2.25. The average Bonchev–Trinajstić information content (AvgIpc) is 2.81. The molecule has 116 valence electrons. The smallest absolute Gasteiger partial charge is 0.277 e. The fourth-order valence-corrected chi connectivity index (χ4v) is 2.08. The summed E-state index contributed by atoms with van der Waals surface area (Å²) >= 11 is 0. The normalized spacial score (nSPS) is 11.4. The van der Waals surface area contributed by atoms with Crippen LogP contribution < -0.4 is 10.2 Å². The topological polar surface area (TPSA) is 63.8 Å². The second-order valence-corrected chi connectivity index (χ2v) is 5.16. The lowest BCUT2D eigenvalue weighted by Gasteiger charge is -2.06. The van der Waals surface area contributed by atoms with Crippen molar-refractivity contribution in [3.05, 3.63) is 53.0 Å². The number of nitrogens with zero attached hydrogens (tertiary/aromatic N) is 1. The maximum atomic E-state index is 11.8. The molecule has 1 amide bonds. The van der Waals surface area contributed by atoms with Crippen molar-refractivity contribution in [3.63, 3.8) is 0 Å². The predicted octanol–water partition coefficient (Wildman–Crippen LogP) is 3.12. The molecule has 2 aromatic rings. The molecule has 1 heterocycles. The van der Waals surface area contributed by atoms with E-state index in [1.165, 1.54) is 0 Å². The standard InChI is InChI=1S/C17H20N2O3/c1-11-6-5-7-15(8-11)21-10-17(20)19-18-13(3)16-9-12(2)22-14(16)4/h5-9H,10H2,1-4H3,(H,19,20)/b18-13-. The minimum atomic E-state index is -0.307. The van der Waals surface area contributed by atoms with E-state index >= 15 is 0 Å². The van der Waals surface area contributed by atoms with Crippen LogP contribution in [-0.2, 0) is 4.79 Å². The molecule has 22 heavy (non-hydrogen) atoms. The van der Waals surface area contributed by atoms with Gasteiger partial charge in [-0.1, -0.05) is 12.1 Å². The van der Waals surface area contributed by atoms with E-state index in [4.69, 9.17) is 9.15 Å². The summed E-state index contributed by atoms with van der Waals surface area (Å²) in [5.74, 6) is 1.95. The monoisotopic (exact) mass is 300 g/mol. The summed E-state index contributed by atoms with van der Waals surface area (Å²) in [7, 11) is 0. The number of hydrogen-bond donors (Lipinski definition) is 1. The second kappa shape index (κ2) is 6.93. The van der Waals surface area contributed by atoms with E-state index in [1.807, 2.05) is 58.0 Å². The van der Waals surface area contributed by atoms with Crippen molar-refractivity contribution in [3.8, 4) is 5.75 Å². The third-order valence-corrected chi connectivity index (χ3v) is 3.14. The number of hydrazone groups is 1. The summed E-state index contributed by atoms with van der Waals surface area (Å²) < 4.78 is 10.9. The van der Waals surface area contributed by atoms with Crippen LogP contribution >= 0.6 is 0 Å². The second-order valence-electron chi connectivity index (χ2n) is 5.16. The highest BCUT2D eigenvalue weighted by Gasteiger charge is 2.08. The van der Waals surface area contributed by atoms with Gasteiger partial charge in [-0.15, -0.1) is 0 Å². The largest absolute Gasteiger partial charge is 0.484 e. The van der Waals surface area contributed by atoms with Gasteiger partial charge in [0, 0.05) is 5.56 Å². The fourth-order valence-electron chi connectivity index (χ4n) is 2.08. The van der Waals surface area contributed by atoms with Crippen LogP contribution in [0.25, 0.3) is 0 Å². The van der Waals surface area contributed by atoms with Crippen LogP contribution in [-0.4, -0.2) is 18.2 Å². The number of amides is 1. The number of ether oxygens (including phenoxy) is 1. The van der Waals surface area contributed by atoms with Gasteiger partial charge in [0.1, 0.15) is 17.3 Å². The molecule has 0 saturated carbocycles. The lowest BCUT2D eigenvalue weighted by atomic mass is 10.2. The van der Waals surface area contributed by atoms with Gasteiger partial charge in [-0.3, -0.25) is 4.79 Å². The van der Waals surface area contributed by atoms with Crippen molar-refractivity contribution in [1.82, 2.24) is 5.43 Å². The molecule has 5 heteroatoms. The first-order valence-electron chi connectivity index (χ1n) is 7.05. The molecular formula is C17H20N2O3. The van der Waals surface area contributed by atoms with Gasteiger partial charge in [0.15, 0.2) is 6.61 Å². The van der Waals surface area contributed by atoms with Gasteiger partial charge in [0.2, 0.25) is 0 Å². The zero-order valence-corrected chi connectivity index (χ0v) is 13.3. The third-order valence-electron chi connectivity index (χ3n) is 3.14. The van der Waals surface area contributed by atoms with Gasteiger partial charge in [0.25, 0.3) is 5.91 Å². The highest BCUT2D eigenvalue weighted by molar-refractivity contribution is 6.00. The number of hydrogen-bond acceptors (Lipinski definition) is 4. The maximum absolute atomic E-state index is 11.8. The predicted molar refractivity (Wildman–Crippen MR) is 85.2 cm³/mol. The van der Waals surface area contributed by atoms with Crippen molar-refractivity contribution in [2.24, 2.45) is 5.10 Å². The van der Waals surface area contributed by atoms with Crippen molar-refractivity contribution >= 4 is 11.6 Å². The molecule has 0 atom stereocenters. The Kier molecular flexibility index (Phi) is 4.99. The molecule has 0 radical (unpaired) electrons. The van der Waals surface area contributed by atoms with E-state index < -0.39 is 0 Å². The van der Waals surface area contributed by atoms with E-state index in [9.17, 15) is 4.79 Å². The Morgan fingerprint density at radius 2 is 2.05 bits per heavy atom. The van der Waals surface area contributed by atoms with Crippen molar-refractivity contribution in [2.45, 2.75) is 27.7 Å². The molecule has 0 aliphatic rings. The van der Waals surface area contributed by atoms with Gasteiger partial charge >= 0.3 is 0 Å². The number of carbonyl (C=O) groups excluding carboxylic acids is 1. The Morgan fingerprint density at radius 1 is 1.27 bits per heavy atom. The highest BCUT2D eigenvalue weighted by atomic mass is 16.5. The van der Waals surface area contributed by atoms with E-state index in [1.54, 1.807) is 0 Å². The molecule has 1 aromatic heterocycles. The summed E-state index contributed by atoms with van der Waals surface area (Å²) in [5.41, 5.74) is 5.15. The molecule has 0 fully saturated rings. The van der Waals surface area contributed by atoms with Gasteiger partial charge in [-0.05, 0) is 51.5 Å². The quantitative estimate of drug-likeness (QED) is 0.681. The zero-order valence-electron chi connectivity index (χ0n) is 13.3. The van der Waals surface area contributed by atoms with E-state index in [0.29, 0.717) is 11.5 Å². The Morgan fingerprint density at radius 3 is 2.68 bits per heavy atom. The van der Waals surface area contributed by atoms with E-state index in [0.717, 1.165) is 22.6 Å². The Bertz CT molecular complexity index is 702. The molecule has 0 bridgehead atoms. The number of carbonyl (C=O) groups is 1. The van der Waals surface area contributed by atoms with Crippen LogP contribution in [0.1, 0.15) is 29.6 Å². The van der Waals surface area contributed by atoms with E-state index in [-0.39, 0.29) is 12.5 Å². The van der Waals surface area contributed by atoms with Crippen LogP contribution in [0.3, 0.4) is 0 Å². The molecule has 0 unspecified atom stereocenters. The SMILES string of the molecule is C/C(=N/NC(=O)COc1cccc(C)c1)c1cc(C)oc1C. The fraction of sp³-hybridized carbons (Fsp3) is 0.294. The summed E-state index contributed by atoms with van der Waals surface area (Å²) in [6.45, 7) is 7.44. The van der Waals surface area contributed by atoms with E-state index in [2.05, 4.69) is 10.5 Å². The van der Waals surface area contributed by atoms with Crippen LogP contribution in [0.5, 0.6) is 5.75 Å². The molecule has 0 spiro atoms. The van der Waals surface area contributed by atoms with Gasteiger partial charge < -0.3 is 9.15 Å². The minimum absolute atomic E-state index is 0.0797. The van der Waals surface area contributed by atoms with Crippen LogP contribution in [0.15, 0.2) is 39.9 Å². The number of nitrogens with one attached hydrogen (secondary N) is 1. The van der Waals surface area contributed by atoms with Crippen LogP contribution in [0.2, 0.25) is 0 Å². The zero-order chi connectivity index (χ0) is 16.1. The van der Waals surface area contributed by atoms with Gasteiger partial charge in [-0.2, -0.15) is 5.10 Å². The number of aryl methyl sites for hydroxylation is 3. The first kappa shape index (κ1) is 15.8. The van der Waals surface area contributed by atoms with Crippen LogP contribution in [0.4, 0.5) is 0 Å². The first-order chi connectivity index (χ1) is 10.5. The summed E-state index contributed by atoms with van der Waals surface area (Å²) in [5, 5.41) is 4.08. The Labute approximate surface area is 130 Å².